The second-order valence-electron chi connectivity index (χ2n) is 8.37. The third-order valence-electron chi connectivity index (χ3n) is 5.66. The number of aromatic nitrogens is 5. The van der Waals surface area contributed by atoms with E-state index in [1.807, 2.05) is 0 Å². The summed E-state index contributed by atoms with van der Waals surface area (Å²) in [7, 11) is 0. The number of likely N-dealkylation sites (tertiary alicyclic amines) is 1. The number of aryl methyl sites for hydroxylation is 1. The van der Waals surface area contributed by atoms with Crippen LogP contribution in [0.3, 0.4) is 0 Å². The van der Waals surface area contributed by atoms with Gasteiger partial charge in [-0.15, -0.1) is 4.80 Å². The van der Waals surface area contributed by atoms with E-state index in [4.69, 9.17) is 4.74 Å². The number of carbonyl (C=O) groups is 1. The SMILES string of the molecule is Cc1ccc(-n2nccn2)c(C(=O)N2CC(F)(F)C[C@@H](C)[C@H]2COc2ccc(C(F)(F)F)cn2)n1. The number of rotatable bonds is 5. The molecule has 0 radical (unpaired) electrons. The van der Waals surface area contributed by atoms with Gasteiger partial charge in [0.1, 0.15) is 12.3 Å². The van der Waals surface area contributed by atoms with Crippen LogP contribution in [-0.2, 0) is 6.18 Å². The fraction of sp³-hybridized carbons (Fsp3) is 0.409. The number of alkyl halides is 5. The summed E-state index contributed by atoms with van der Waals surface area (Å²) in [4.78, 5) is 23.6. The van der Waals surface area contributed by atoms with Crippen LogP contribution in [0.25, 0.3) is 5.69 Å². The highest BCUT2D eigenvalue weighted by Gasteiger charge is 2.47. The quantitative estimate of drug-likeness (QED) is 0.498. The summed E-state index contributed by atoms with van der Waals surface area (Å²) in [6, 6.07) is 4.25. The molecule has 0 unspecified atom stereocenters. The number of hydrogen-bond acceptors (Lipinski definition) is 6. The molecule has 1 fully saturated rings. The molecule has 0 aromatic carbocycles. The molecule has 186 valence electrons. The van der Waals surface area contributed by atoms with Crippen LogP contribution in [0, 0.1) is 12.8 Å². The molecular weight excluding hydrogens is 475 g/mol. The van der Waals surface area contributed by atoms with Crippen LogP contribution >= 0.6 is 0 Å². The number of nitrogens with zero attached hydrogens (tertiary/aromatic N) is 6. The van der Waals surface area contributed by atoms with Gasteiger partial charge < -0.3 is 9.64 Å². The van der Waals surface area contributed by atoms with Gasteiger partial charge in [0, 0.05) is 24.4 Å². The number of halogens is 5. The summed E-state index contributed by atoms with van der Waals surface area (Å²) in [6.07, 6.45) is -1.62. The van der Waals surface area contributed by atoms with Crippen LogP contribution in [0.2, 0.25) is 0 Å². The lowest BCUT2D eigenvalue weighted by atomic mass is 9.88. The summed E-state index contributed by atoms with van der Waals surface area (Å²) < 4.78 is 72.9. The van der Waals surface area contributed by atoms with Crippen molar-refractivity contribution in [3.05, 3.63) is 59.8 Å². The zero-order chi connectivity index (χ0) is 25.4. The number of ether oxygens (including phenoxy) is 1. The van der Waals surface area contributed by atoms with E-state index in [0.29, 0.717) is 11.9 Å². The van der Waals surface area contributed by atoms with Gasteiger partial charge in [-0.2, -0.15) is 23.4 Å². The van der Waals surface area contributed by atoms with E-state index in [1.54, 1.807) is 26.0 Å². The Morgan fingerprint density at radius 2 is 1.89 bits per heavy atom. The van der Waals surface area contributed by atoms with Gasteiger partial charge in [-0.1, -0.05) is 6.92 Å². The van der Waals surface area contributed by atoms with Crippen LogP contribution < -0.4 is 4.74 Å². The Balaban J connectivity index is 1.61. The van der Waals surface area contributed by atoms with Crippen molar-refractivity contribution in [3.63, 3.8) is 0 Å². The van der Waals surface area contributed by atoms with Crippen LogP contribution in [0.15, 0.2) is 42.9 Å². The second kappa shape index (κ2) is 9.19. The summed E-state index contributed by atoms with van der Waals surface area (Å²) in [5, 5.41) is 8.00. The third kappa shape index (κ3) is 5.38. The van der Waals surface area contributed by atoms with Gasteiger partial charge in [0.05, 0.1) is 30.5 Å². The summed E-state index contributed by atoms with van der Waals surface area (Å²) >= 11 is 0. The fourth-order valence-electron chi connectivity index (χ4n) is 3.97. The van der Waals surface area contributed by atoms with Gasteiger partial charge in [0.25, 0.3) is 11.8 Å². The molecule has 1 saturated heterocycles. The molecule has 35 heavy (non-hydrogen) atoms. The van der Waals surface area contributed by atoms with Crippen molar-refractivity contribution >= 4 is 5.91 Å². The minimum Gasteiger partial charge on any atom is -0.475 e. The maximum Gasteiger partial charge on any atom is 0.417 e. The Morgan fingerprint density at radius 3 is 2.51 bits per heavy atom. The van der Waals surface area contributed by atoms with Gasteiger partial charge in [0.15, 0.2) is 5.69 Å². The zero-order valence-corrected chi connectivity index (χ0v) is 18.7. The van der Waals surface area contributed by atoms with Gasteiger partial charge in [-0.05, 0) is 31.0 Å². The van der Waals surface area contributed by atoms with Crippen LogP contribution in [-0.4, -0.2) is 60.9 Å². The normalized spacial score (nSPS) is 20.0. The largest absolute Gasteiger partial charge is 0.475 e. The predicted molar refractivity (Wildman–Crippen MR) is 112 cm³/mol. The van der Waals surface area contributed by atoms with Crippen molar-refractivity contribution in [1.29, 1.82) is 0 Å². The Kier molecular flexibility index (Phi) is 6.43. The van der Waals surface area contributed by atoms with Crippen molar-refractivity contribution in [2.45, 2.75) is 38.4 Å². The fourth-order valence-corrected chi connectivity index (χ4v) is 3.97. The molecule has 0 saturated carbocycles. The molecule has 0 bridgehead atoms. The van der Waals surface area contributed by atoms with E-state index in [0.717, 1.165) is 17.0 Å². The minimum absolute atomic E-state index is 0.108. The molecule has 1 aliphatic heterocycles. The molecule has 4 heterocycles. The lowest BCUT2D eigenvalue weighted by Gasteiger charge is -2.43. The summed E-state index contributed by atoms with van der Waals surface area (Å²) in [5.41, 5.74) is -0.347. The number of carbonyl (C=O) groups excluding carboxylic acids is 1. The van der Waals surface area contributed by atoms with Gasteiger partial charge >= 0.3 is 6.18 Å². The van der Waals surface area contributed by atoms with Gasteiger partial charge in [-0.3, -0.25) is 4.79 Å². The van der Waals surface area contributed by atoms with E-state index in [1.165, 1.54) is 17.2 Å². The Labute approximate surface area is 196 Å². The van der Waals surface area contributed by atoms with E-state index >= 15 is 0 Å². The summed E-state index contributed by atoms with van der Waals surface area (Å²) in [5.74, 6) is -4.72. The Hall–Kier alpha value is -3.64. The molecule has 1 aliphatic rings. The van der Waals surface area contributed by atoms with Crippen molar-refractivity contribution in [2.24, 2.45) is 5.92 Å². The average Bonchev–Trinajstić information content (AvgIpc) is 3.31. The Morgan fingerprint density at radius 1 is 1.17 bits per heavy atom. The lowest BCUT2D eigenvalue weighted by Crippen LogP contribution is -2.57. The second-order valence-corrected chi connectivity index (χ2v) is 8.37. The van der Waals surface area contributed by atoms with E-state index in [-0.39, 0.29) is 23.9 Å². The van der Waals surface area contributed by atoms with Gasteiger partial charge in [0.2, 0.25) is 5.88 Å². The first kappa shape index (κ1) is 24.5. The molecule has 3 aromatic rings. The number of pyridine rings is 2. The maximum absolute atomic E-state index is 14.5. The van der Waals surface area contributed by atoms with E-state index in [2.05, 4.69) is 20.2 Å². The molecule has 13 heteroatoms. The summed E-state index contributed by atoms with van der Waals surface area (Å²) in [6.45, 7) is 2.09. The highest BCUT2D eigenvalue weighted by molar-refractivity contribution is 5.96. The molecule has 0 spiro atoms. The lowest BCUT2D eigenvalue weighted by molar-refractivity contribution is -0.137. The highest BCUT2D eigenvalue weighted by atomic mass is 19.4. The van der Waals surface area contributed by atoms with E-state index < -0.39 is 48.5 Å². The van der Waals surface area contributed by atoms with Crippen molar-refractivity contribution < 1.29 is 31.5 Å². The predicted octanol–water partition coefficient (Wildman–Crippen LogP) is 3.95. The van der Waals surface area contributed by atoms with Crippen molar-refractivity contribution in [3.8, 4) is 11.6 Å². The first-order chi connectivity index (χ1) is 16.4. The van der Waals surface area contributed by atoms with Gasteiger partial charge in [-0.25, -0.2) is 18.7 Å². The minimum atomic E-state index is -4.56. The molecule has 1 amide bonds. The van der Waals surface area contributed by atoms with Crippen LogP contribution in [0.4, 0.5) is 22.0 Å². The molecule has 8 nitrogen and oxygen atoms in total. The standard InChI is InChI=1S/C22H21F5N6O2/c1-13-9-21(23,24)12-32(17(13)11-35-18-6-4-15(10-28-18)22(25,26)27)20(34)19-16(5-3-14(2)31-19)33-29-7-8-30-33/h3-8,10,13,17H,9,11-12H2,1-2H3/t13-,17-/m1/s1. The topological polar surface area (TPSA) is 86.0 Å². The number of amides is 1. The van der Waals surface area contributed by atoms with Crippen LogP contribution in [0.1, 0.15) is 35.1 Å². The van der Waals surface area contributed by atoms with Crippen molar-refractivity contribution in [1.82, 2.24) is 29.9 Å². The Bertz CT molecular complexity index is 1180. The maximum atomic E-state index is 14.5. The highest BCUT2D eigenvalue weighted by Crippen LogP contribution is 2.36. The van der Waals surface area contributed by atoms with E-state index in [9.17, 15) is 26.7 Å². The number of hydrogen-bond donors (Lipinski definition) is 0. The molecule has 0 N–H and O–H groups in total. The first-order valence-corrected chi connectivity index (χ1v) is 10.6. The molecule has 3 aromatic heterocycles. The third-order valence-corrected chi connectivity index (χ3v) is 5.66. The zero-order valence-electron chi connectivity index (χ0n) is 18.7. The first-order valence-electron chi connectivity index (χ1n) is 10.6. The monoisotopic (exact) mass is 496 g/mol. The molecular formula is C22H21F5N6O2. The molecule has 0 aliphatic carbocycles. The molecule has 4 rings (SSSR count). The average molecular weight is 496 g/mol. The number of piperidine rings is 1. The van der Waals surface area contributed by atoms with Crippen molar-refractivity contribution in [2.75, 3.05) is 13.2 Å². The smallest absolute Gasteiger partial charge is 0.417 e. The van der Waals surface area contributed by atoms with Crippen LogP contribution in [0.5, 0.6) is 5.88 Å². The molecule has 2 atom stereocenters.